The lowest BCUT2D eigenvalue weighted by molar-refractivity contribution is 0.273. The van der Waals surface area contributed by atoms with Crippen LogP contribution in [0, 0.1) is 5.92 Å². The number of fused-ring (bicyclic) bond motifs is 1. The summed E-state index contributed by atoms with van der Waals surface area (Å²) < 4.78 is 15.9. The van der Waals surface area contributed by atoms with Gasteiger partial charge in [0.25, 0.3) is 0 Å². The van der Waals surface area contributed by atoms with Crippen LogP contribution in [0.15, 0.2) is 30.3 Å². The highest BCUT2D eigenvalue weighted by atomic mass is 19.1. The lowest BCUT2D eigenvalue weighted by atomic mass is 10.0. The van der Waals surface area contributed by atoms with Gasteiger partial charge in [-0.2, -0.15) is 5.10 Å². The molecule has 0 spiro atoms. The maximum absolute atomic E-state index is 14.2. The van der Waals surface area contributed by atoms with Crippen molar-refractivity contribution in [1.29, 1.82) is 0 Å². The summed E-state index contributed by atoms with van der Waals surface area (Å²) in [5.41, 5.74) is 1.07. The minimum atomic E-state index is -1.05. The SMILES string of the molecule is OC[C@H]1CC1c1nc2n(n1)[C@H](c1ccccc1)C[C@@H]2F. The van der Waals surface area contributed by atoms with Crippen LogP contribution < -0.4 is 0 Å². The molecule has 1 aromatic heterocycles. The smallest absolute Gasteiger partial charge is 0.162 e. The van der Waals surface area contributed by atoms with Crippen LogP contribution in [0.2, 0.25) is 0 Å². The Kier molecular flexibility index (Phi) is 2.63. The highest BCUT2D eigenvalue weighted by Gasteiger charge is 2.43. The molecule has 2 aromatic rings. The molecule has 0 amide bonds. The molecule has 0 radical (unpaired) electrons. The Morgan fingerprint density at radius 2 is 2.05 bits per heavy atom. The quantitative estimate of drug-likeness (QED) is 0.934. The molecule has 20 heavy (non-hydrogen) atoms. The molecule has 1 aromatic carbocycles. The minimum Gasteiger partial charge on any atom is -0.396 e. The number of aliphatic hydroxyl groups is 1. The highest BCUT2D eigenvalue weighted by Crippen LogP contribution is 2.47. The van der Waals surface area contributed by atoms with Gasteiger partial charge in [0.2, 0.25) is 0 Å². The largest absolute Gasteiger partial charge is 0.396 e. The van der Waals surface area contributed by atoms with Crippen molar-refractivity contribution in [3.8, 4) is 0 Å². The minimum absolute atomic E-state index is 0.0613. The van der Waals surface area contributed by atoms with Crippen LogP contribution >= 0.6 is 0 Å². The maximum Gasteiger partial charge on any atom is 0.162 e. The third kappa shape index (κ3) is 1.77. The van der Waals surface area contributed by atoms with Gasteiger partial charge in [0.1, 0.15) is 0 Å². The predicted molar refractivity (Wildman–Crippen MR) is 71.0 cm³/mol. The van der Waals surface area contributed by atoms with E-state index in [2.05, 4.69) is 10.1 Å². The normalized spacial score (nSPS) is 31.3. The second-order valence-electron chi connectivity index (χ2n) is 5.69. The molecule has 1 fully saturated rings. The zero-order valence-electron chi connectivity index (χ0n) is 11.0. The first-order valence-corrected chi connectivity index (χ1v) is 7.04. The van der Waals surface area contributed by atoms with E-state index >= 15 is 0 Å². The average Bonchev–Trinajstić information content (AvgIpc) is 3.04. The Labute approximate surface area is 116 Å². The summed E-state index contributed by atoms with van der Waals surface area (Å²) >= 11 is 0. The van der Waals surface area contributed by atoms with Crippen molar-refractivity contribution in [2.24, 2.45) is 5.92 Å². The molecule has 4 nitrogen and oxygen atoms in total. The first-order chi connectivity index (χ1) is 9.78. The number of aliphatic hydroxyl groups excluding tert-OH is 1. The molecular weight excluding hydrogens is 257 g/mol. The standard InChI is InChI=1S/C15H16FN3O/c16-12-7-13(9-4-2-1-3-5-9)19-15(12)17-14(18-19)11-6-10(11)8-20/h1-5,10-13,20H,6-8H2/t10-,11?,12+,13+/m1/s1. The van der Waals surface area contributed by atoms with E-state index in [1.807, 2.05) is 30.3 Å². The van der Waals surface area contributed by atoms with Crippen molar-refractivity contribution in [3.63, 3.8) is 0 Å². The van der Waals surface area contributed by atoms with Gasteiger partial charge >= 0.3 is 0 Å². The van der Waals surface area contributed by atoms with Crippen LogP contribution in [0.1, 0.15) is 48.2 Å². The molecule has 0 saturated heterocycles. The number of halogens is 1. The summed E-state index contributed by atoms with van der Waals surface area (Å²) in [4.78, 5) is 4.37. The van der Waals surface area contributed by atoms with E-state index in [0.29, 0.717) is 18.1 Å². The fourth-order valence-electron chi connectivity index (χ4n) is 3.07. The summed E-state index contributed by atoms with van der Waals surface area (Å²) in [6.45, 7) is 0.162. The average molecular weight is 273 g/mol. The molecular formula is C15H16FN3O. The van der Waals surface area contributed by atoms with Gasteiger partial charge < -0.3 is 5.11 Å². The molecule has 1 aliphatic heterocycles. The molecule has 2 heterocycles. The van der Waals surface area contributed by atoms with Crippen molar-refractivity contribution in [2.75, 3.05) is 6.61 Å². The summed E-state index contributed by atoms with van der Waals surface area (Å²) in [6.07, 6.45) is 0.272. The Bertz CT molecular complexity index is 627. The number of hydrogen-bond acceptors (Lipinski definition) is 3. The predicted octanol–water partition coefficient (Wildman–Crippen LogP) is 2.38. The van der Waals surface area contributed by atoms with Gasteiger partial charge in [0.15, 0.2) is 17.8 Å². The third-order valence-corrected chi connectivity index (χ3v) is 4.35. The van der Waals surface area contributed by atoms with E-state index in [0.717, 1.165) is 12.0 Å². The van der Waals surface area contributed by atoms with Crippen molar-refractivity contribution in [2.45, 2.75) is 31.0 Å². The van der Waals surface area contributed by atoms with Crippen LogP contribution in [-0.4, -0.2) is 26.5 Å². The lowest BCUT2D eigenvalue weighted by Gasteiger charge is -2.11. The molecule has 5 heteroatoms. The number of hydrogen-bond donors (Lipinski definition) is 1. The van der Waals surface area contributed by atoms with Gasteiger partial charge in [0.05, 0.1) is 6.04 Å². The highest BCUT2D eigenvalue weighted by molar-refractivity contribution is 5.24. The molecule has 1 saturated carbocycles. The van der Waals surface area contributed by atoms with Gasteiger partial charge in [0, 0.05) is 18.9 Å². The summed E-state index contributed by atoms with van der Waals surface area (Å²) in [6, 6.07) is 9.81. The van der Waals surface area contributed by atoms with Crippen LogP contribution in [-0.2, 0) is 0 Å². The molecule has 0 bridgehead atoms. The van der Waals surface area contributed by atoms with Crippen molar-refractivity contribution in [3.05, 3.63) is 47.5 Å². The monoisotopic (exact) mass is 273 g/mol. The van der Waals surface area contributed by atoms with Gasteiger partial charge in [-0.15, -0.1) is 0 Å². The van der Waals surface area contributed by atoms with Crippen molar-refractivity contribution < 1.29 is 9.50 Å². The second kappa shape index (κ2) is 4.38. The molecule has 4 atom stereocenters. The number of aromatic nitrogens is 3. The van der Waals surface area contributed by atoms with Gasteiger partial charge in [-0.05, 0) is 17.9 Å². The summed E-state index contributed by atoms with van der Waals surface area (Å²) in [5, 5.41) is 13.6. The number of nitrogens with zero attached hydrogens (tertiary/aromatic N) is 3. The second-order valence-corrected chi connectivity index (χ2v) is 5.69. The lowest BCUT2D eigenvalue weighted by Crippen LogP contribution is -2.07. The van der Waals surface area contributed by atoms with Crippen LogP contribution in [0.25, 0.3) is 0 Å². The molecule has 1 unspecified atom stereocenters. The van der Waals surface area contributed by atoms with E-state index in [-0.39, 0.29) is 24.5 Å². The van der Waals surface area contributed by atoms with Gasteiger partial charge in [-0.1, -0.05) is 30.3 Å². The van der Waals surface area contributed by atoms with Crippen LogP contribution in [0.4, 0.5) is 4.39 Å². The van der Waals surface area contributed by atoms with Gasteiger partial charge in [-0.25, -0.2) is 14.1 Å². The van der Waals surface area contributed by atoms with Crippen molar-refractivity contribution in [1.82, 2.24) is 14.8 Å². The Morgan fingerprint density at radius 1 is 1.25 bits per heavy atom. The Balaban J connectivity index is 1.68. The van der Waals surface area contributed by atoms with E-state index in [9.17, 15) is 4.39 Å². The Hall–Kier alpha value is -1.75. The molecule has 1 aliphatic carbocycles. The van der Waals surface area contributed by atoms with Gasteiger partial charge in [-0.3, -0.25) is 0 Å². The first-order valence-electron chi connectivity index (χ1n) is 7.04. The fourth-order valence-corrected chi connectivity index (χ4v) is 3.07. The zero-order valence-corrected chi connectivity index (χ0v) is 11.0. The van der Waals surface area contributed by atoms with Crippen molar-refractivity contribution >= 4 is 0 Å². The van der Waals surface area contributed by atoms with E-state index in [4.69, 9.17) is 5.11 Å². The molecule has 1 N–H and O–H groups in total. The number of alkyl halides is 1. The fraction of sp³-hybridized carbons (Fsp3) is 0.467. The third-order valence-electron chi connectivity index (χ3n) is 4.35. The number of rotatable bonds is 3. The molecule has 104 valence electrons. The van der Waals surface area contributed by atoms with E-state index in [1.54, 1.807) is 4.68 Å². The van der Waals surface area contributed by atoms with E-state index in [1.165, 1.54) is 0 Å². The first kappa shape index (κ1) is 12.0. The zero-order chi connectivity index (χ0) is 13.7. The van der Waals surface area contributed by atoms with Crippen LogP contribution in [0.3, 0.4) is 0 Å². The Morgan fingerprint density at radius 3 is 2.75 bits per heavy atom. The van der Waals surface area contributed by atoms with Crippen LogP contribution in [0.5, 0.6) is 0 Å². The summed E-state index contributed by atoms with van der Waals surface area (Å²) in [7, 11) is 0. The van der Waals surface area contributed by atoms with E-state index < -0.39 is 6.17 Å². The molecule has 4 rings (SSSR count). The maximum atomic E-state index is 14.2. The topological polar surface area (TPSA) is 50.9 Å². The molecule has 2 aliphatic rings. The summed E-state index contributed by atoms with van der Waals surface area (Å²) in [5.74, 6) is 1.60. The number of benzene rings is 1.